The van der Waals surface area contributed by atoms with Crippen molar-refractivity contribution in [3.8, 4) is 0 Å². The van der Waals surface area contributed by atoms with Crippen LogP contribution in [0.5, 0.6) is 0 Å². The van der Waals surface area contributed by atoms with Gasteiger partial charge in [0.1, 0.15) is 0 Å². The summed E-state index contributed by atoms with van der Waals surface area (Å²) in [6.45, 7) is 1.95. The van der Waals surface area contributed by atoms with Gasteiger partial charge in [0.25, 0.3) is 0 Å². The summed E-state index contributed by atoms with van der Waals surface area (Å²) in [6.07, 6.45) is 7.42. The molecule has 0 aromatic heterocycles. The van der Waals surface area contributed by atoms with Crippen molar-refractivity contribution in [2.24, 2.45) is 5.92 Å². The Morgan fingerprint density at radius 2 is 2.00 bits per heavy atom. The molecule has 0 spiro atoms. The normalized spacial score (nSPS) is 27.8. The molecule has 2 rings (SSSR count). The van der Waals surface area contributed by atoms with Crippen LogP contribution in [-0.4, -0.2) is 23.8 Å². The smallest absolute Gasteiger partial charge is 0.0771 e. The third-order valence-electron chi connectivity index (χ3n) is 3.40. The molecule has 0 aromatic rings. The largest absolute Gasteiger partial charge is 0.389 e. The molecule has 2 aliphatic rings. The molecule has 2 heteroatoms. The fourth-order valence-electron chi connectivity index (χ4n) is 1.97. The van der Waals surface area contributed by atoms with Crippen molar-refractivity contribution < 1.29 is 5.11 Å². The lowest BCUT2D eigenvalue weighted by Gasteiger charge is -2.37. The second-order valence-corrected chi connectivity index (χ2v) is 4.51. The highest BCUT2D eigenvalue weighted by Crippen LogP contribution is 2.31. The Morgan fingerprint density at radius 3 is 2.42 bits per heavy atom. The molecule has 2 fully saturated rings. The van der Waals surface area contributed by atoms with E-state index in [1.807, 2.05) is 0 Å². The van der Waals surface area contributed by atoms with Crippen LogP contribution in [0.4, 0.5) is 0 Å². The maximum Gasteiger partial charge on any atom is 0.0771 e. The van der Waals surface area contributed by atoms with Crippen LogP contribution in [0.1, 0.15) is 38.5 Å². The highest BCUT2D eigenvalue weighted by Gasteiger charge is 2.33. The van der Waals surface area contributed by atoms with Crippen LogP contribution < -0.4 is 5.32 Å². The Bertz CT molecular complexity index is 150. The number of hydrogen-bond donors (Lipinski definition) is 2. The topological polar surface area (TPSA) is 32.3 Å². The van der Waals surface area contributed by atoms with Gasteiger partial charge in [-0.25, -0.2) is 0 Å². The molecular formula is C10H19NO. The third kappa shape index (κ3) is 1.80. The van der Waals surface area contributed by atoms with E-state index in [1.165, 1.54) is 25.7 Å². The molecule has 0 bridgehead atoms. The Labute approximate surface area is 74.4 Å². The van der Waals surface area contributed by atoms with E-state index in [9.17, 15) is 5.11 Å². The first kappa shape index (κ1) is 8.52. The van der Waals surface area contributed by atoms with Crippen LogP contribution in [0.3, 0.4) is 0 Å². The fourth-order valence-corrected chi connectivity index (χ4v) is 1.97. The van der Waals surface area contributed by atoms with Gasteiger partial charge in [-0.05, 0) is 44.6 Å². The summed E-state index contributed by atoms with van der Waals surface area (Å²) in [5, 5.41) is 13.1. The maximum atomic E-state index is 9.75. The van der Waals surface area contributed by atoms with Crippen molar-refractivity contribution in [3.63, 3.8) is 0 Å². The molecule has 0 aromatic carbocycles. The minimum absolute atomic E-state index is 0.330. The Kier molecular flexibility index (Phi) is 2.37. The molecule has 0 saturated heterocycles. The van der Waals surface area contributed by atoms with Gasteiger partial charge >= 0.3 is 0 Å². The van der Waals surface area contributed by atoms with Gasteiger partial charge < -0.3 is 10.4 Å². The Hall–Kier alpha value is -0.0800. The summed E-state index contributed by atoms with van der Waals surface area (Å²) in [7, 11) is 0. The first-order valence-electron chi connectivity index (χ1n) is 5.22. The van der Waals surface area contributed by atoms with E-state index in [4.69, 9.17) is 0 Å². The molecular weight excluding hydrogens is 150 g/mol. The van der Waals surface area contributed by atoms with Crippen molar-refractivity contribution in [1.29, 1.82) is 0 Å². The molecule has 2 N–H and O–H groups in total. The fraction of sp³-hybridized carbons (Fsp3) is 1.00. The average Bonchev–Trinajstić information content (AvgIpc) is 1.91. The van der Waals surface area contributed by atoms with Crippen LogP contribution in [0.2, 0.25) is 0 Å². The molecule has 2 nitrogen and oxygen atoms in total. The molecule has 70 valence electrons. The van der Waals surface area contributed by atoms with Gasteiger partial charge in [0.2, 0.25) is 0 Å². The van der Waals surface area contributed by atoms with Crippen molar-refractivity contribution in [2.75, 3.05) is 13.1 Å². The standard InChI is InChI=1S/C10H19NO/c12-10(5-2-6-10)8-11-7-9-3-1-4-9/h9,11-12H,1-8H2. The Morgan fingerprint density at radius 1 is 1.25 bits per heavy atom. The first-order valence-corrected chi connectivity index (χ1v) is 5.22. The van der Waals surface area contributed by atoms with Crippen LogP contribution in [0.15, 0.2) is 0 Å². The molecule has 0 amide bonds. The lowest BCUT2D eigenvalue weighted by atomic mass is 9.80. The van der Waals surface area contributed by atoms with E-state index in [0.29, 0.717) is 0 Å². The SMILES string of the molecule is OC1(CNCC2CCC2)CCC1. The molecule has 0 aliphatic heterocycles. The quantitative estimate of drug-likeness (QED) is 0.664. The molecule has 12 heavy (non-hydrogen) atoms. The lowest BCUT2D eigenvalue weighted by molar-refractivity contribution is -0.0322. The van der Waals surface area contributed by atoms with E-state index in [1.54, 1.807) is 0 Å². The zero-order chi connectivity index (χ0) is 8.44. The molecule has 0 heterocycles. The maximum absolute atomic E-state index is 9.75. The van der Waals surface area contributed by atoms with E-state index in [-0.39, 0.29) is 5.60 Å². The minimum atomic E-state index is -0.330. The monoisotopic (exact) mass is 169 g/mol. The zero-order valence-electron chi connectivity index (χ0n) is 7.68. The van der Waals surface area contributed by atoms with Gasteiger partial charge in [0, 0.05) is 6.54 Å². The zero-order valence-corrected chi connectivity index (χ0v) is 7.68. The minimum Gasteiger partial charge on any atom is -0.389 e. The summed E-state index contributed by atoms with van der Waals surface area (Å²) in [5.74, 6) is 0.911. The summed E-state index contributed by atoms with van der Waals surface area (Å²) >= 11 is 0. The molecule has 2 saturated carbocycles. The highest BCUT2D eigenvalue weighted by molar-refractivity contribution is 4.89. The van der Waals surface area contributed by atoms with Crippen molar-refractivity contribution >= 4 is 0 Å². The second-order valence-electron chi connectivity index (χ2n) is 4.51. The average molecular weight is 169 g/mol. The van der Waals surface area contributed by atoms with Gasteiger partial charge in [-0.15, -0.1) is 0 Å². The van der Waals surface area contributed by atoms with Crippen molar-refractivity contribution in [3.05, 3.63) is 0 Å². The van der Waals surface area contributed by atoms with Gasteiger partial charge in [0.05, 0.1) is 5.60 Å². The van der Waals surface area contributed by atoms with Gasteiger partial charge in [-0.2, -0.15) is 0 Å². The van der Waals surface area contributed by atoms with E-state index in [0.717, 1.165) is 31.8 Å². The molecule has 0 atom stereocenters. The van der Waals surface area contributed by atoms with Gasteiger partial charge in [0.15, 0.2) is 0 Å². The molecule has 2 aliphatic carbocycles. The van der Waals surface area contributed by atoms with E-state index in [2.05, 4.69) is 5.32 Å². The van der Waals surface area contributed by atoms with Crippen molar-refractivity contribution in [1.82, 2.24) is 5.32 Å². The van der Waals surface area contributed by atoms with Gasteiger partial charge in [-0.3, -0.25) is 0 Å². The van der Waals surface area contributed by atoms with Crippen LogP contribution in [0.25, 0.3) is 0 Å². The highest BCUT2D eigenvalue weighted by atomic mass is 16.3. The summed E-state index contributed by atoms with van der Waals surface area (Å²) in [4.78, 5) is 0. The number of aliphatic hydroxyl groups is 1. The van der Waals surface area contributed by atoms with Gasteiger partial charge in [-0.1, -0.05) is 6.42 Å². The van der Waals surface area contributed by atoms with Crippen molar-refractivity contribution in [2.45, 2.75) is 44.1 Å². The van der Waals surface area contributed by atoms with E-state index >= 15 is 0 Å². The molecule has 0 unspecified atom stereocenters. The number of rotatable bonds is 4. The third-order valence-corrected chi connectivity index (χ3v) is 3.40. The number of nitrogens with one attached hydrogen (secondary N) is 1. The summed E-state index contributed by atoms with van der Waals surface area (Å²) in [5.41, 5.74) is -0.330. The van der Waals surface area contributed by atoms with E-state index < -0.39 is 0 Å². The van der Waals surface area contributed by atoms with Crippen LogP contribution in [0, 0.1) is 5.92 Å². The van der Waals surface area contributed by atoms with Crippen LogP contribution in [-0.2, 0) is 0 Å². The number of hydrogen-bond acceptors (Lipinski definition) is 2. The lowest BCUT2D eigenvalue weighted by Crippen LogP contribution is -2.47. The first-order chi connectivity index (χ1) is 5.79. The predicted octanol–water partition coefficient (Wildman–Crippen LogP) is 1.29. The predicted molar refractivity (Wildman–Crippen MR) is 49.0 cm³/mol. The van der Waals surface area contributed by atoms with Crippen LogP contribution >= 0.6 is 0 Å². The summed E-state index contributed by atoms with van der Waals surface area (Å²) in [6, 6.07) is 0. The Balaban J connectivity index is 1.55. The molecule has 0 radical (unpaired) electrons. The summed E-state index contributed by atoms with van der Waals surface area (Å²) < 4.78 is 0. The second kappa shape index (κ2) is 3.35.